The fourth-order valence-corrected chi connectivity index (χ4v) is 1.96. The molecule has 4 heteroatoms. The van der Waals surface area contributed by atoms with Crippen molar-refractivity contribution in [2.75, 3.05) is 5.32 Å². The highest BCUT2D eigenvalue weighted by molar-refractivity contribution is 6.34. The maximum absolute atomic E-state index is 6.26. The van der Waals surface area contributed by atoms with Crippen LogP contribution in [0, 0.1) is 13.8 Å². The summed E-state index contributed by atoms with van der Waals surface area (Å²) in [6.07, 6.45) is 3.82. The van der Waals surface area contributed by atoms with Crippen LogP contribution in [0.4, 0.5) is 11.6 Å². The second kappa shape index (κ2) is 5.27. The molecule has 94 valence electrons. The Labute approximate surface area is 112 Å². The van der Waals surface area contributed by atoms with Crippen LogP contribution in [0.25, 0.3) is 0 Å². The van der Waals surface area contributed by atoms with E-state index in [1.165, 1.54) is 0 Å². The maximum atomic E-state index is 6.26. The molecule has 0 unspecified atom stereocenters. The van der Waals surface area contributed by atoms with Gasteiger partial charge in [-0.2, -0.15) is 0 Å². The minimum atomic E-state index is 0.715. The number of anilines is 2. The quantitative estimate of drug-likeness (QED) is 0.841. The van der Waals surface area contributed by atoms with Gasteiger partial charge in [0, 0.05) is 12.7 Å². The zero-order chi connectivity index (χ0) is 13.1. The van der Waals surface area contributed by atoms with Gasteiger partial charge in [0.2, 0.25) is 5.95 Å². The fraction of sp³-hybridized carbons (Fsp3) is 0.214. The molecule has 0 spiro atoms. The van der Waals surface area contributed by atoms with Crippen molar-refractivity contribution in [1.29, 1.82) is 0 Å². The van der Waals surface area contributed by atoms with E-state index in [1.807, 2.05) is 48.9 Å². The predicted molar refractivity (Wildman–Crippen MR) is 76.6 cm³/mol. The number of nitrogens with one attached hydrogen (secondary N) is 1. The number of rotatable bonds is 4. The molecule has 0 atom stereocenters. The van der Waals surface area contributed by atoms with Gasteiger partial charge >= 0.3 is 0 Å². The number of nitrogens with zero attached hydrogens (tertiary/aromatic N) is 2. The van der Waals surface area contributed by atoms with Crippen molar-refractivity contribution in [2.24, 2.45) is 0 Å². The van der Waals surface area contributed by atoms with Crippen LogP contribution in [0.15, 0.2) is 37.1 Å². The van der Waals surface area contributed by atoms with Gasteiger partial charge < -0.3 is 9.88 Å². The van der Waals surface area contributed by atoms with Gasteiger partial charge in [-0.25, -0.2) is 4.98 Å². The highest BCUT2D eigenvalue weighted by atomic mass is 35.5. The molecule has 0 saturated heterocycles. The molecule has 2 rings (SSSR count). The first-order valence-electron chi connectivity index (χ1n) is 5.78. The first-order chi connectivity index (χ1) is 8.61. The number of hydrogen-bond acceptors (Lipinski definition) is 2. The summed E-state index contributed by atoms with van der Waals surface area (Å²) < 4.78 is 2.00. The third kappa shape index (κ3) is 2.57. The van der Waals surface area contributed by atoms with E-state index >= 15 is 0 Å². The number of aryl methyl sites for hydroxylation is 2. The number of aromatic nitrogens is 2. The third-order valence-corrected chi connectivity index (χ3v) is 3.16. The van der Waals surface area contributed by atoms with Gasteiger partial charge in [0.05, 0.1) is 16.4 Å². The minimum absolute atomic E-state index is 0.715. The minimum Gasteiger partial charge on any atom is -0.324 e. The zero-order valence-corrected chi connectivity index (χ0v) is 11.3. The highest BCUT2D eigenvalue weighted by Gasteiger charge is 2.08. The van der Waals surface area contributed by atoms with E-state index in [4.69, 9.17) is 11.6 Å². The molecule has 1 aromatic carbocycles. The lowest BCUT2D eigenvalue weighted by Crippen LogP contribution is -2.02. The molecular formula is C14H16ClN3. The summed E-state index contributed by atoms with van der Waals surface area (Å²) >= 11 is 6.26. The van der Waals surface area contributed by atoms with Crippen LogP contribution in [0.2, 0.25) is 5.02 Å². The van der Waals surface area contributed by atoms with E-state index in [0.717, 1.165) is 27.9 Å². The lowest BCUT2D eigenvalue weighted by atomic mass is 10.2. The Morgan fingerprint density at radius 2 is 2.22 bits per heavy atom. The Bertz CT molecular complexity index is 572. The van der Waals surface area contributed by atoms with Gasteiger partial charge in [-0.1, -0.05) is 29.8 Å². The van der Waals surface area contributed by atoms with Gasteiger partial charge in [-0.3, -0.25) is 0 Å². The highest BCUT2D eigenvalue weighted by Crippen LogP contribution is 2.27. The third-order valence-electron chi connectivity index (χ3n) is 2.66. The van der Waals surface area contributed by atoms with E-state index in [1.54, 1.807) is 0 Å². The molecule has 1 heterocycles. The Morgan fingerprint density at radius 3 is 2.94 bits per heavy atom. The van der Waals surface area contributed by atoms with Gasteiger partial charge in [-0.15, -0.1) is 6.58 Å². The summed E-state index contributed by atoms with van der Waals surface area (Å²) in [4.78, 5) is 4.44. The maximum Gasteiger partial charge on any atom is 0.207 e. The fourth-order valence-electron chi connectivity index (χ4n) is 1.79. The predicted octanol–water partition coefficient (Wildman–Crippen LogP) is 4.08. The molecule has 18 heavy (non-hydrogen) atoms. The van der Waals surface area contributed by atoms with Crippen molar-refractivity contribution in [3.63, 3.8) is 0 Å². The summed E-state index contributed by atoms with van der Waals surface area (Å²) in [7, 11) is 0. The Hall–Kier alpha value is -1.74. The second-order valence-corrected chi connectivity index (χ2v) is 4.59. The van der Waals surface area contributed by atoms with Gasteiger partial charge in [-0.05, 0) is 25.5 Å². The van der Waals surface area contributed by atoms with Crippen LogP contribution in [0.1, 0.15) is 11.3 Å². The molecule has 2 aromatic rings. The molecule has 0 fully saturated rings. The van der Waals surface area contributed by atoms with E-state index in [-0.39, 0.29) is 0 Å². The lowest BCUT2D eigenvalue weighted by molar-refractivity contribution is 0.832. The summed E-state index contributed by atoms with van der Waals surface area (Å²) in [6, 6.07) is 5.89. The van der Waals surface area contributed by atoms with Gasteiger partial charge in [0.15, 0.2) is 0 Å². The molecule has 0 amide bonds. The number of halogens is 1. The lowest BCUT2D eigenvalue weighted by Gasteiger charge is -2.10. The summed E-state index contributed by atoms with van der Waals surface area (Å²) in [6.45, 7) is 8.40. The van der Waals surface area contributed by atoms with Crippen molar-refractivity contribution < 1.29 is 0 Å². The first-order valence-corrected chi connectivity index (χ1v) is 6.16. The van der Waals surface area contributed by atoms with Crippen molar-refractivity contribution in [2.45, 2.75) is 20.4 Å². The number of allylic oxidation sites excluding steroid dienone is 1. The smallest absolute Gasteiger partial charge is 0.207 e. The monoisotopic (exact) mass is 261 g/mol. The normalized spacial score (nSPS) is 10.4. The van der Waals surface area contributed by atoms with Crippen LogP contribution in [0.3, 0.4) is 0 Å². The molecule has 1 N–H and O–H groups in total. The van der Waals surface area contributed by atoms with Crippen LogP contribution in [0.5, 0.6) is 0 Å². The molecule has 0 bridgehead atoms. The van der Waals surface area contributed by atoms with Crippen LogP contribution in [-0.4, -0.2) is 9.55 Å². The summed E-state index contributed by atoms with van der Waals surface area (Å²) in [5.41, 5.74) is 2.87. The Kier molecular flexibility index (Phi) is 3.72. The molecule has 0 radical (unpaired) electrons. The SMILES string of the molecule is C=CCn1cc(C)nc1Nc1cccc(C)c1Cl. The molecule has 0 aliphatic carbocycles. The van der Waals surface area contributed by atoms with Gasteiger partial charge in [0.25, 0.3) is 0 Å². The molecule has 1 aromatic heterocycles. The topological polar surface area (TPSA) is 29.9 Å². The average Bonchev–Trinajstić information content (AvgIpc) is 2.66. The largest absolute Gasteiger partial charge is 0.324 e. The summed E-state index contributed by atoms with van der Waals surface area (Å²) in [5, 5.41) is 3.98. The average molecular weight is 262 g/mol. The first kappa shape index (κ1) is 12.7. The van der Waals surface area contributed by atoms with Crippen LogP contribution in [-0.2, 0) is 6.54 Å². The Balaban J connectivity index is 2.33. The number of hydrogen-bond donors (Lipinski definition) is 1. The Morgan fingerprint density at radius 1 is 1.44 bits per heavy atom. The van der Waals surface area contributed by atoms with E-state index in [9.17, 15) is 0 Å². The zero-order valence-electron chi connectivity index (χ0n) is 10.6. The molecule has 0 aliphatic heterocycles. The van der Waals surface area contributed by atoms with Crippen molar-refractivity contribution in [3.8, 4) is 0 Å². The van der Waals surface area contributed by atoms with E-state index in [0.29, 0.717) is 6.54 Å². The van der Waals surface area contributed by atoms with E-state index < -0.39 is 0 Å². The van der Waals surface area contributed by atoms with Crippen molar-refractivity contribution in [1.82, 2.24) is 9.55 Å². The molecule has 3 nitrogen and oxygen atoms in total. The van der Waals surface area contributed by atoms with E-state index in [2.05, 4.69) is 16.9 Å². The summed E-state index contributed by atoms with van der Waals surface area (Å²) in [5.74, 6) is 0.778. The standard InChI is InChI=1S/C14H16ClN3/c1-4-8-18-9-11(3)16-14(18)17-12-7-5-6-10(2)13(12)15/h4-7,9H,1,8H2,2-3H3,(H,16,17). The van der Waals surface area contributed by atoms with Gasteiger partial charge in [0.1, 0.15) is 0 Å². The van der Waals surface area contributed by atoms with Crippen molar-refractivity contribution in [3.05, 3.63) is 53.3 Å². The number of benzene rings is 1. The van der Waals surface area contributed by atoms with Crippen LogP contribution >= 0.6 is 11.6 Å². The van der Waals surface area contributed by atoms with Crippen LogP contribution < -0.4 is 5.32 Å². The number of imidazole rings is 1. The second-order valence-electron chi connectivity index (χ2n) is 4.21. The molecule has 0 saturated carbocycles. The van der Waals surface area contributed by atoms with Crippen molar-refractivity contribution >= 4 is 23.2 Å². The molecular weight excluding hydrogens is 246 g/mol. The molecule has 0 aliphatic rings.